The van der Waals surface area contributed by atoms with Crippen LogP contribution in [0.2, 0.25) is 0 Å². The average Bonchev–Trinajstić information content (AvgIpc) is 2.73. The molecule has 2 aromatic rings. The minimum Gasteiger partial charge on any atom is -0.229 e. The Labute approximate surface area is 175 Å². The normalized spacial score (nSPS) is 19.8. The number of rotatable bonds is 7. The molecule has 3 nitrogen and oxygen atoms in total. The van der Waals surface area contributed by atoms with Crippen molar-refractivity contribution in [2.45, 2.75) is 57.6 Å². The molecule has 0 aliphatic heterocycles. The molecule has 29 heavy (non-hydrogen) atoms. The van der Waals surface area contributed by atoms with E-state index in [4.69, 9.17) is 5.26 Å². The Morgan fingerprint density at radius 2 is 1.41 bits per heavy atom. The Hall–Kier alpha value is -2.12. The third-order valence-corrected chi connectivity index (χ3v) is 8.67. The summed E-state index contributed by atoms with van der Waals surface area (Å²) < 4.78 is 24.3. The summed E-state index contributed by atoms with van der Waals surface area (Å²) in [6, 6.07) is 18.6. The lowest BCUT2D eigenvalue weighted by Gasteiger charge is -2.28. The second kappa shape index (κ2) is 9.59. The van der Waals surface area contributed by atoms with Gasteiger partial charge in [-0.25, -0.2) is 8.42 Å². The van der Waals surface area contributed by atoms with E-state index in [1.165, 1.54) is 17.5 Å². The molecule has 0 bridgehead atoms. The third kappa shape index (κ3) is 5.93. The minimum atomic E-state index is -2.92. The Balaban J connectivity index is 1.47. The van der Waals surface area contributed by atoms with Crippen LogP contribution in [-0.2, 0) is 16.3 Å². The predicted octanol–water partition coefficient (Wildman–Crippen LogP) is 5.79. The van der Waals surface area contributed by atoms with Crippen LogP contribution in [0.5, 0.6) is 0 Å². The lowest BCUT2D eigenvalue weighted by atomic mass is 9.80. The molecule has 0 N–H and O–H groups in total. The zero-order chi connectivity index (χ0) is 20.9. The van der Waals surface area contributed by atoms with E-state index in [-0.39, 0.29) is 5.25 Å². The van der Waals surface area contributed by atoms with Crippen molar-refractivity contribution in [2.24, 2.45) is 11.8 Å². The largest absolute Gasteiger partial charge is 0.229 e. The summed E-state index contributed by atoms with van der Waals surface area (Å²) in [5.74, 6) is 1.44. The first-order valence-electron chi connectivity index (χ1n) is 10.7. The average molecular weight is 410 g/mol. The van der Waals surface area contributed by atoms with Crippen LogP contribution in [0.3, 0.4) is 0 Å². The Bertz CT molecular complexity index is 930. The maximum atomic E-state index is 12.1. The van der Waals surface area contributed by atoms with Gasteiger partial charge in [-0.2, -0.15) is 5.26 Å². The highest BCUT2D eigenvalue weighted by molar-refractivity contribution is 7.91. The van der Waals surface area contributed by atoms with Gasteiger partial charge >= 0.3 is 0 Å². The molecule has 1 fully saturated rings. The van der Waals surface area contributed by atoms with Gasteiger partial charge in [0.05, 0.1) is 22.6 Å². The van der Waals surface area contributed by atoms with Gasteiger partial charge in [0.1, 0.15) is 0 Å². The molecule has 0 aromatic heterocycles. The highest BCUT2D eigenvalue weighted by atomic mass is 32.2. The summed E-state index contributed by atoms with van der Waals surface area (Å²) in [4.78, 5) is 0. The van der Waals surface area contributed by atoms with Crippen LogP contribution in [0.1, 0.15) is 57.1 Å². The fraction of sp³-hybridized carbons (Fsp3) is 0.480. The molecule has 0 unspecified atom stereocenters. The maximum absolute atomic E-state index is 12.1. The number of nitrogens with zero attached hydrogens (tertiary/aromatic N) is 1. The Morgan fingerprint density at radius 3 is 1.93 bits per heavy atom. The first-order chi connectivity index (χ1) is 13.9. The molecule has 1 saturated carbocycles. The molecule has 0 amide bonds. The molecular weight excluding hydrogens is 378 g/mol. The van der Waals surface area contributed by atoms with E-state index < -0.39 is 9.84 Å². The summed E-state index contributed by atoms with van der Waals surface area (Å²) in [6.45, 7) is 3.57. The van der Waals surface area contributed by atoms with Crippen molar-refractivity contribution in [3.63, 3.8) is 0 Å². The zero-order valence-corrected chi connectivity index (χ0v) is 18.3. The van der Waals surface area contributed by atoms with Crippen molar-refractivity contribution in [1.82, 2.24) is 0 Å². The van der Waals surface area contributed by atoms with Crippen LogP contribution in [0.15, 0.2) is 48.5 Å². The summed E-state index contributed by atoms with van der Waals surface area (Å²) >= 11 is 0. The number of sulfone groups is 1. The molecule has 0 spiro atoms. The Kier molecular flexibility index (Phi) is 7.14. The topological polar surface area (TPSA) is 57.9 Å². The van der Waals surface area contributed by atoms with Crippen molar-refractivity contribution in [3.8, 4) is 17.2 Å². The van der Waals surface area contributed by atoms with E-state index in [0.717, 1.165) is 37.7 Å². The molecule has 3 rings (SSSR count). The molecule has 0 saturated heterocycles. The summed E-state index contributed by atoms with van der Waals surface area (Å²) in [6.07, 6.45) is 6.67. The van der Waals surface area contributed by atoms with Gasteiger partial charge in [-0.3, -0.25) is 0 Å². The molecule has 0 heterocycles. The molecule has 1 aliphatic rings. The quantitative estimate of drug-likeness (QED) is 0.582. The van der Waals surface area contributed by atoms with Crippen LogP contribution in [0.25, 0.3) is 11.1 Å². The van der Waals surface area contributed by atoms with Crippen molar-refractivity contribution >= 4 is 9.84 Å². The van der Waals surface area contributed by atoms with E-state index in [9.17, 15) is 8.42 Å². The van der Waals surface area contributed by atoms with Crippen LogP contribution < -0.4 is 0 Å². The molecule has 154 valence electrons. The number of hydrogen-bond donors (Lipinski definition) is 0. The van der Waals surface area contributed by atoms with E-state index >= 15 is 0 Å². The van der Waals surface area contributed by atoms with E-state index in [0.29, 0.717) is 23.2 Å². The van der Waals surface area contributed by atoms with Crippen molar-refractivity contribution in [3.05, 3.63) is 59.7 Å². The zero-order valence-electron chi connectivity index (χ0n) is 17.5. The van der Waals surface area contributed by atoms with Crippen LogP contribution in [0.4, 0.5) is 0 Å². The number of benzene rings is 2. The first-order valence-corrected chi connectivity index (χ1v) is 12.4. The number of hydrogen-bond acceptors (Lipinski definition) is 3. The van der Waals surface area contributed by atoms with Gasteiger partial charge in [0.2, 0.25) is 0 Å². The highest BCUT2D eigenvalue weighted by Gasteiger charge is 2.27. The maximum Gasteiger partial charge on any atom is 0.152 e. The SMILES string of the molecule is CC(C)S(=O)(=O)CC1CCC(CCc2ccc(-c3ccc(C#N)cc3)cc2)CC1. The third-order valence-electron chi connectivity index (χ3n) is 6.30. The van der Waals surface area contributed by atoms with E-state index in [1.807, 2.05) is 24.3 Å². The predicted molar refractivity (Wildman–Crippen MR) is 119 cm³/mol. The molecule has 1 aliphatic carbocycles. The van der Waals surface area contributed by atoms with Crippen molar-refractivity contribution in [1.29, 1.82) is 5.26 Å². The van der Waals surface area contributed by atoms with Gasteiger partial charge in [-0.05, 0) is 80.2 Å². The van der Waals surface area contributed by atoms with Crippen molar-refractivity contribution in [2.75, 3.05) is 5.75 Å². The smallest absolute Gasteiger partial charge is 0.152 e. The lowest BCUT2D eigenvalue weighted by molar-refractivity contribution is 0.278. The fourth-order valence-electron chi connectivity index (χ4n) is 4.18. The van der Waals surface area contributed by atoms with Gasteiger partial charge in [0.25, 0.3) is 0 Å². The summed E-state index contributed by atoms with van der Waals surface area (Å²) in [5.41, 5.74) is 4.34. The standard InChI is InChI=1S/C25H31NO2S/c1-19(2)29(27,28)18-23-7-5-20(6-8-23)3-4-21-9-13-24(14-10-21)25-15-11-22(17-26)12-16-25/h9-16,19-20,23H,3-8,18H2,1-2H3. The summed E-state index contributed by atoms with van der Waals surface area (Å²) in [7, 11) is -2.92. The number of aryl methyl sites for hydroxylation is 1. The number of nitriles is 1. The van der Waals surface area contributed by atoms with Crippen LogP contribution in [0, 0.1) is 23.2 Å². The molecule has 0 radical (unpaired) electrons. The first kappa shape index (κ1) is 21.6. The second-order valence-corrected chi connectivity index (χ2v) is 11.3. The molecule has 4 heteroatoms. The van der Waals surface area contributed by atoms with Crippen LogP contribution in [-0.4, -0.2) is 19.4 Å². The second-order valence-electron chi connectivity index (χ2n) is 8.69. The van der Waals surface area contributed by atoms with Gasteiger partial charge in [-0.15, -0.1) is 0 Å². The minimum absolute atomic E-state index is 0.257. The van der Waals surface area contributed by atoms with Gasteiger partial charge in [0, 0.05) is 0 Å². The van der Waals surface area contributed by atoms with E-state index in [1.54, 1.807) is 13.8 Å². The monoisotopic (exact) mass is 409 g/mol. The van der Waals surface area contributed by atoms with E-state index in [2.05, 4.69) is 30.3 Å². The molecular formula is C25H31NO2S. The highest BCUT2D eigenvalue weighted by Crippen LogP contribution is 2.33. The summed E-state index contributed by atoms with van der Waals surface area (Å²) in [5, 5.41) is 8.65. The van der Waals surface area contributed by atoms with Crippen LogP contribution >= 0.6 is 0 Å². The van der Waals surface area contributed by atoms with Gasteiger partial charge in [-0.1, -0.05) is 49.2 Å². The fourth-order valence-corrected chi connectivity index (χ4v) is 5.55. The van der Waals surface area contributed by atoms with Crippen molar-refractivity contribution < 1.29 is 8.42 Å². The van der Waals surface area contributed by atoms with Gasteiger partial charge in [0.15, 0.2) is 9.84 Å². The molecule has 2 aromatic carbocycles. The molecule has 0 atom stereocenters. The van der Waals surface area contributed by atoms with Gasteiger partial charge < -0.3 is 0 Å². The Morgan fingerprint density at radius 1 is 0.897 bits per heavy atom. The lowest BCUT2D eigenvalue weighted by Crippen LogP contribution is -2.26.